The third kappa shape index (κ3) is 3.55. The van der Waals surface area contributed by atoms with Gasteiger partial charge < -0.3 is 29.2 Å². The molecule has 2 aliphatic heterocycles. The standard InChI is InChI=1S/C21H22O7/c1-25-20(24)14-9-5-8-13(10-14)18-16(22)17(23)19-15(27-18)11-26-21(28-19)12-6-3-2-4-7-12/h2-10,15-19,21-23H,11H2,1H3/t15-,16-,17-,18+,19-,21?/m1/s1. The molecule has 0 saturated carbocycles. The van der Waals surface area contributed by atoms with Crippen molar-refractivity contribution in [3.63, 3.8) is 0 Å². The lowest BCUT2D eigenvalue weighted by molar-refractivity contribution is -0.330. The molecule has 2 saturated heterocycles. The van der Waals surface area contributed by atoms with Gasteiger partial charge in [0.25, 0.3) is 0 Å². The Bertz CT molecular complexity index is 823. The fraction of sp³-hybridized carbons (Fsp3) is 0.381. The quantitative estimate of drug-likeness (QED) is 0.776. The first-order valence-electron chi connectivity index (χ1n) is 9.10. The van der Waals surface area contributed by atoms with Gasteiger partial charge in [-0.3, -0.25) is 0 Å². The summed E-state index contributed by atoms with van der Waals surface area (Å²) in [5, 5.41) is 21.4. The minimum Gasteiger partial charge on any atom is -0.465 e. The van der Waals surface area contributed by atoms with Gasteiger partial charge in [0, 0.05) is 5.56 Å². The molecular weight excluding hydrogens is 364 g/mol. The summed E-state index contributed by atoms with van der Waals surface area (Å²) < 4.78 is 22.4. The van der Waals surface area contributed by atoms with Gasteiger partial charge in [-0.25, -0.2) is 4.79 Å². The van der Waals surface area contributed by atoms with E-state index in [0.717, 1.165) is 5.56 Å². The number of ether oxygens (including phenoxy) is 4. The van der Waals surface area contributed by atoms with Gasteiger partial charge in [-0.1, -0.05) is 42.5 Å². The van der Waals surface area contributed by atoms with Gasteiger partial charge in [-0.05, 0) is 17.7 Å². The molecule has 2 aromatic rings. The minimum atomic E-state index is -1.22. The lowest BCUT2D eigenvalue weighted by atomic mass is 9.90. The Hall–Kier alpha value is -2.29. The maximum Gasteiger partial charge on any atom is 0.337 e. The molecule has 0 aliphatic carbocycles. The van der Waals surface area contributed by atoms with Crippen LogP contribution in [-0.4, -0.2) is 54.3 Å². The number of aliphatic hydroxyl groups excluding tert-OH is 2. The van der Waals surface area contributed by atoms with Crippen molar-refractivity contribution in [2.24, 2.45) is 0 Å². The van der Waals surface area contributed by atoms with E-state index in [1.54, 1.807) is 24.3 Å². The third-order valence-electron chi connectivity index (χ3n) is 5.09. The zero-order valence-corrected chi connectivity index (χ0v) is 15.3. The Kier molecular flexibility index (Phi) is 5.43. The summed E-state index contributed by atoms with van der Waals surface area (Å²) in [5.74, 6) is -0.486. The van der Waals surface area contributed by atoms with Crippen LogP contribution in [0.5, 0.6) is 0 Å². The molecule has 2 aliphatic rings. The first-order valence-corrected chi connectivity index (χ1v) is 9.10. The van der Waals surface area contributed by atoms with Gasteiger partial charge >= 0.3 is 5.97 Å². The Morgan fingerprint density at radius 1 is 1.00 bits per heavy atom. The molecule has 0 spiro atoms. The first kappa shape index (κ1) is 19.0. The minimum absolute atomic E-state index is 0.210. The van der Waals surface area contributed by atoms with E-state index in [1.165, 1.54) is 7.11 Å². The van der Waals surface area contributed by atoms with Gasteiger partial charge in [0.2, 0.25) is 0 Å². The maximum atomic E-state index is 11.8. The number of aliphatic hydroxyl groups is 2. The molecule has 0 radical (unpaired) electrons. The number of carbonyl (C=O) groups excluding carboxylic acids is 1. The summed E-state index contributed by atoms with van der Waals surface area (Å²) in [6, 6.07) is 16.0. The molecular formula is C21H22O7. The Morgan fingerprint density at radius 2 is 1.75 bits per heavy atom. The maximum absolute atomic E-state index is 11.8. The van der Waals surface area contributed by atoms with E-state index in [0.29, 0.717) is 11.1 Å². The monoisotopic (exact) mass is 386 g/mol. The molecule has 2 N–H and O–H groups in total. The number of esters is 1. The number of hydrogen-bond acceptors (Lipinski definition) is 7. The van der Waals surface area contributed by atoms with Crippen LogP contribution in [0.1, 0.15) is 33.9 Å². The molecule has 0 aromatic heterocycles. The highest BCUT2D eigenvalue weighted by Crippen LogP contribution is 2.39. The Morgan fingerprint density at radius 3 is 2.50 bits per heavy atom. The van der Waals surface area contributed by atoms with Crippen molar-refractivity contribution in [1.29, 1.82) is 0 Å². The van der Waals surface area contributed by atoms with Crippen LogP contribution in [0.15, 0.2) is 54.6 Å². The van der Waals surface area contributed by atoms with Crippen molar-refractivity contribution in [2.45, 2.75) is 36.8 Å². The first-order chi connectivity index (χ1) is 13.6. The van der Waals surface area contributed by atoms with Crippen LogP contribution in [0.2, 0.25) is 0 Å². The number of rotatable bonds is 3. The summed E-state index contributed by atoms with van der Waals surface area (Å²) in [6.45, 7) is 0.210. The van der Waals surface area contributed by atoms with Gasteiger partial charge in [-0.2, -0.15) is 0 Å². The van der Waals surface area contributed by atoms with E-state index in [4.69, 9.17) is 18.9 Å². The number of methoxy groups -OCH3 is 1. The molecule has 7 nitrogen and oxygen atoms in total. The third-order valence-corrected chi connectivity index (χ3v) is 5.09. The van der Waals surface area contributed by atoms with Crippen LogP contribution in [0.3, 0.4) is 0 Å². The van der Waals surface area contributed by atoms with Crippen molar-refractivity contribution in [3.05, 3.63) is 71.3 Å². The molecule has 28 heavy (non-hydrogen) atoms. The molecule has 4 rings (SSSR count). The second kappa shape index (κ2) is 7.98. The Labute approximate surface area is 162 Å². The van der Waals surface area contributed by atoms with Crippen LogP contribution < -0.4 is 0 Å². The predicted octanol–water partition coefficient (Wildman–Crippen LogP) is 1.75. The molecule has 2 fully saturated rings. The number of hydrogen-bond donors (Lipinski definition) is 2. The highest BCUT2D eigenvalue weighted by molar-refractivity contribution is 5.89. The van der Waals surface area contributed by atoms with Crippen LogP contribution >= 0.6 is 0 Å². The van der Waals surface area contributed by atoms with E-state index >= 15 is 0 Å². The fourth-order valence-electron chi connectivity index (χ4n) is 3.63. The second-order valence-electron chi connectivity index (χ2n) is 6.87. The van der Waals surface area contributed by atoms with Crippen molar-refractivity contribution < 1.29 is 34.0 Å². The topological polar surface area (TPSA) is 94.5 Å². The van der Waals surface area contributed by atoms with Crippen molar-refractivity contribution in [1.82, 2.24) is 0 Å². The van der Waals surface area contributed by atoms with E-state index in [-0.39, 0.29) is 6.61 Å². The average Bonchev–Trinajstić information content (AvgIpc) is 2.76. The second-order valence-corrected chi connectivity index (χ2v) is 6.87. The summed E-state index contributed by atoms with van der Waals surface area (Å²) in [5.41, 5.74) is 1.74. The van der Waals surface area contributed by atoms with E-state index in [2.05, 4.69) is 0 Å². The predicted molar refractivity (Wildman–Crippen MR) is 97.4 cm³/mol. The summed E-state index contributed by atoms with van der Waals surface area (Å²) in [7, 11) is 1.30. The lowest BCUT2D eigenvalue weighted by Gasteiger charge is -2.46. The molecule has 2 aromatic carbocycles. The van der Waals surface area contributed by atoms with Gasteiger partial charge in [0.1, 0.15) is 30.5 Å². The van der Waals surface area contributed by atoms with E-state index < -0.39 is 42.8 Å². The van der Waals surface area contributed by atoms with Gasteiger partial charge in [0.05, 0.1) is 19.3 Å². The lowest BCUT2D eigenvalue weighted by Crippen LogP contribution is -2.59. The SMILES string of the molecule is COC(=O)c1cccc([C@@H]2O[C@@H]3COC(c4ccccc4)O[C@H]3[C@H](O)[C@H]2O)c1. The summed E-state index contributed by atoms with van der Waals surface area (Å²) >= 11 is 0. The van der Waals surface area contributed by atoms with Crippen LogP contribution in [-0.2, 0) is 18.9 Å². The van der Waals surface area contributed by atoms with Crippen molar-refractivity contribution >= 4 is 5.97 Å². The van der Waals surface area contributed by atoms with Crippen LogP contribution in [0.25, 0.3) is 0 Å². The van der Waals surface area contributed by atoms with E-state index in [1.807, 2.05) is 30.3 Å². The zero-order chi connectivity index (χ0) is 19.7. The summed E-state index contributed by atoms with van der Waals surface area (Å²) in [6.07, 6.45) is -5.11. The number of carbonyl (C=O) groups is 1. The normalized spacial score (nSPS) is 32.4. The van der Waals surface area contributed by atoms with Crippen molar-refractivity contribution in [2.75, 3.05) is 13.7 Å². The summed E-state index contributed by atoms with van der Waals surface area (Å²) in [4.78, 5) is 11.8. The zero-order valence-electron chi connectivity index (χ0n) is 15.3. The van der Waals surface area contributed by atoms with Crippen LogP contribution in [0.4, 0.5) is 0 Å². The number of fused-ring (bicyclic) bond motifs is 1. The molecule has 6 atom stereocenters. The van der Waals surface area contributed by atoms with Crippen molar-refractivity contribution in [3.8, 4) is 0 Å². The highest BCUT2D eigenvalue weighted by Gasteiger charge is 2.49. The molecule has 0 bridgehead atoms. The van der Waals surface area contributed by atoms with Gasteiger partial charge in [-0.15, -0.1) is 0 Å². The fourth-order valence-corrected chi connectivity index (χ4v) is 3.63. The van der Waals surface area contributed by atoms with Gasteiger partial charge in [0.15, 0.2) is 6.29 Å². The molecule has 7 heteroatoms. The smallest absolute Gasteiger partial charge is 0.337 e. The van der Waals surface area contributed by atoms with E-state index in [9.17, 15) is 15.0 Å². The largest absolute Gasteiger partial charge is 0.465 e. The molecule has 2 heterocycles. The number of benzene rings is 2. The average molecular weight is 386 g/mol. The van der Waals surface area contributed by atoms with Crippen LogP contribution in [0, 0.1) is 0 Å². The molecule has 0 amide bonds. The highest BCUT2D eigenvalue weighted by atomic mass is 16.7. The Balaban J connectivity index is 1.53. The molecule has 1 unspecified atom stereocenters. The molecule has 148 valence electrons.